The summed E-state index contributed by atoms with van der Waals surface area (Å²) in [6.07, 6.45) is -10.3. The molecule has 6 N–H and O–H groups in total. The molecule has 0 saturated carbocycles. The summed E-state index contributed by atoms with van der Waals surface area (Å²) in [4.78, 5) is 26.6. The highest BCUT2D eigenvalue weighted by atomic mass is 19.4. The molecule has 0 atom stereocenters. The monoisotopic (exact) mass is 784 g/mol. The molecule has 0 radical (unpaired) electrons. The average Bonchev–Trinajstić information content (AvgIpc) is 3.12. The Labute approximate surface area is 317 Å². The van der Waals surface area contributed by atoms with Crippen LogP contribution in [0.1, 0.15) is 46.2 Å². The molecule has 0 aromatic heterocycles. The molecule has 0 spiro atoms. The first-order valence-electron chi connectivity index (χ1n) is 17.2. The second kappa shape index (κ2) is 17.4. The van der Waals surface area contributed by atoms with Crippen LogP contribution in [0.2, 0.25) is 0 Å². The van der Waals surface area contributed by atoms with Crippen LogP contribution < -0.4 is 10.9 Å². The molecule has 0 heterocycles. The molecule has 0 aliphatic rings. The Bertz CT molecular complexity index is 2010. The second-order valence-electron chi connectivity index (χ2n) is 13.3. The number of halogens is 6. The number of hydrogen-bond acceptors (Lipinski definition) is 8. The van der Waals surface area contributed by atoms with Gasteiger partial charge in [0.15, 0.2) is 0 Å². The summed E-state index contributed by atoms with van der Waals surface area (Å²) in [5.41, 5.74) is -1.33. The molecule has 0 saturated heterocycles. The highest BCUT2D eigenvalue weighted by Crippen LogP contribution is 2.36. The largest absolute Gasteiger partial charge is 0.488 e. The van der Waals surface area contributed by atoms with Gasteiger partial charge in [-0.05, 0) is 66.9 Å². The number of alkyl halides is 6. The summed E-state index contributed by atoms with van der Waals surface area (Å²) < 4.78 is 82.4. The molecular weight excluding hydrogens is 748 g/mol. The number of hydrogen-bond donors (Lipinski definition) is 6. The van der Waals surface area contributed by atoms with Gasteiger partial charge in [-0.15, -0.1) is 0 Å². The molecule has 18 heteroatoms. The third-order valence-corrected chi connectivity index (χ3v) is 9.49. The number of carbonyl (C=O) groups is 2. The van der Waals surface area contributed by atoms with Crippen molar-refractivity contribution in [1.29, 1.82) is 0 Å². The summed E-state index contributed by atoms with van der Waals surface area (Å²) in [7, 11) is -4.24. The van der Waals surface area contributed by atoms with Crippen LogP contribution in [0.4, 0.5) is 26.3 Å². The summed E-state index contributed by atoms with van der Waals surface area (Å²) in [6.45, 7) is -0.917. The Morgan fingerprint density at radius 2 is 0.839 bits per heavy atom. The molecule has 0 unspecified atom stereocenters. The fourth-order valence-electron chi connectivity index (χ4n) is 6.86. The van der Waals surface area contributed by atoms with Crippen LogP contribution in [0.25, 0.3) is 21.5 Å². The van der Waals surface area contributed by atoms with Crippen molar-refractivity contribution in [3.8, 4) is 0 Å². The third-order valence-electron chi connectivity index (χ3n) is 9.49. The van der Waals surface area contributed by atoms with E-state index in [1.807, 2.05) is 0 Å². The fraction of sp³-hybridized carbons (Fsp3) is 0.263. The summed E-state index contributed by atoms with van der Waals surface area (Å²) in [5.74, 6) is -2.35. The number of carboxylic acid groups (broad SMARTS) is 2. The van der Waals surface area contributed by atoms with Crippen LogP contribution in [0, 0.1) is 0 Å². The lowest BCUT2D eigenvalue weighted by Gasteiger charge is -2.28. The van der Waals surface area contributed by atoms with Crippen LogP contribution in [0.15, 0.2) is 84.9 Å². The Morgan fingerprint density at radius 1 is 0.518 bits per heavy atom. The van der Waals surface area contributed by atoms with Crippen molar-refractivity contribution in [3.05, 3.63) is 118 Å². The highest BCUT2D eigenvalue weighted by molar-refractivity contribution is 6.59. The Morgan fingerprint density at radius 3 is 1.11 bits per heavy atom. The van der Waals surface area contributed by atoms with Crippen LogP contribution in [-0.4, -0.2) is 79.4 Å². The van der Waals surface area contributed by atoms with Crippen LogP contribution in [0.5, 0.6) is 0 Å². The molecule has 56 heavy (non-hydrogen) atoms. The van der Waals surface area contributed by atoms with Crippen LogP contribution in [-0.2, 0) is 48.1 Å². The minimum Gasteiger partial charge on any atom is -0.481 e. The molecule has 0 amide bonds. The zero-order valence-corrected chi connectivity index (χ0v) is 29.6. The standard InChI is InChI=1S/C38H36B2F6N2O8/c41-37(42,43)25-9-11-33(39(53)54)23(17-25)19-47(15-13-35(49)50)21-31-27-5-1-2-6-28(27)32(30-8-4-3-7-29(30)31)22-48(16-14-36(51)52)20-24-18-26(38(44,45)46)10-12-34(24)40(55)56/h1-12,17-18,53-56H,13-16,19-22H2,(H,49,50)(H,51,52). The number of nitrogens with zero attached hydrogens (tertiary/aromatic N) is 2. The molecule has 5 rings (SSSR count). The van der Waals surface area contributed by atoms with Gasteiger partial charge in [0.25, 0.3) is 0 Å². The van der Waals surface area contributed by atoms with Gasteiger partial charge in [0.1, 0.15) is 0 Å². The van der Waals surface area contributed by atoms with E-state index in [2.05, 4.69) is 0 Å². The van der Waals surface area contributed by atoms with Gasteiger partial charge in [-0.3, -0.25) is 19.4 Å². The normalized spacial score (nSPS) is 12.2. The lowest BCUT2D eigenvalue weighted by atomic mass is 9.76. The molecule has 0 fully saturated rings. The number of carboxylic acids is 2. The lowest BCUT2D eigenvalue weighted by molar-refractivity contribution is -0.138. The molecule has 0 aliphatic heterocycles. The molecular formula is C38H36B2F6N2O8. The summed E-state index contributed by atoms with van der Waals surface area (Å²) in [6, 6.07) is 19.0. The van der Waals surface area contributed by atoms with E-state index in [0.29, 0.717) is 32.7 Å². The Balaban J connectivity index is 1.63. The van der Waals surface area contributed by atoms with E-state index in [1.165, 1.54) is 0 Å². The second-order valence-corrected chi connectivity index (χ2v) is 13.3. The fourth-order valence-corrected chi connectivity index (χ4v) is 6.86. The number of rotatable bonds is 16. The van der Waals surface area contributed by atoms with Gasteiger partial charge >= 0.3 is 38.5 Å². The zero-order chi connectivity index (χ0) is 40.9. The van der Waals surface area contributed by atoms with Gasteiger partial charge in [0, 0.05) is 39.3 Å². The van der Waals surface area contributed by atoms with E-state index < -0.39 is 62.5 Å². The van der Waals surface area contributed by atoms with Gasteiger partial charge in [0.05, 0.1) is 24.0 Å². The molecule has 5 aromatic carbocycles. The average molecular weight is 784 g/mol. The van der Waals surface area contributed by atoms with Gasteiger partial charge in [-0.2, -0.15) is 26.3 Å². The third kappa shape index (κ3) is 10.3. The predicted molar refractivity (Wildman–Crippen MR) is 197 cm³/mol. The van der Waals surface area contributed by atoms with Gasteiger partial charge in [0.2, 0.25) is 0 Å². The van der Waals surface area contributed by atoms with E-state index in [1.54, 1.807) is 58.3 Å². The SMILES string of the molecule is O=C(O)CCN(Cc1cc(C(F)(F)F)ccc1B(O)O)Cc1c2ccccc2c(CN(CCC(=O)O)Cc2cc(C(F)(F)F)ccc2B(O)O)c2ccccc12. The number of aliphatic carboxylic acids is 2. The Kier molecular flexibility index (Phi) is 13.1. The molecule has 5 aromatic rings. The number of fused-ring (bicyclic) bond motifs is 2. The molecule has 0 bridgehead atoms. The van der Waals surface area contributed by atoms with E-state index in [9.17, 15) is 66.2 Å². The summed E-state index contributed by atoms with van der Waals surface area (Å²) in [5, 5.41) is 61.7. The van der Waals surface area contributed by atoms with Crippen LogP contribution in [0.3, 0.4) is 0 Å². The van der Waals surface area contributed by atoms with Gasteiger partial charge < -0.3 is 30.3 Å². The van der Waals surface area contributed by atoms with Crippen molar-refractivity contribution in [1.82, 2.24) is 9.80 Å². The topological polar surface area (TPSA) is 162 Å². The Hall–Kier alpha value is -4.97. The van der Waals surface area contributed by atoms with Crippen molar-refractivity contribution in [2.75, 3.05) is 13.1 Å². The maximum Gasteiger partial charge on any atom is 0.488 e. The van der Waals surface area contributed by atoms with Gasteiger partial charge in [-0.25, -0.2) is 0 Å². The van der Waals surface area contributed by atoms with Crippen molar-refractivity contribution < 1.29 is 66.2 Å². The van der Waals surface area contributed by atoms with Crippen LogP contribution >= 0.6 is 0 Å². The van der Waals surface area contributed by atoms with E-state index >= 15 is 0 Å². The minimum absolute atomic E-state index is 0.0174. The molecule has 294 valence electrons. The first-order valence-corrected chi connectivity index (χ1v) is 17.2. The van der Waals surface area contributed by atoms with E-state index in [-0.39, 0.29) is 61.3 Å². The maximum absolute atomic E-state index is 13.7. The predicted octanol–water partition coefficient (Wildman–Crippen LogP) is 4.34. The minimum atomic E-state index is -4.75. The quantitative estimate of drug-likeness (QED) is 0.0483. The molecule has 0 aliphatic carbocycles. The molecule has 10 nitrogen and oxygen atoms in total. The van der Waals surface area contributed by atoms with Crippen molar-refractivity contribution in [3.63, 3.8) is 0 Å². The first kappa shape index (κ1) is 42.2. The van der Waals surface area contributed by atoms with E-state index in [4.69, 9.17) is 0 Å². The van der Waals surface area contributed by atoms with Crippen molar-refractivity contribution in [2.45, 2.75) is 51.4 Å². The summed E-state index contributed by atoms with van der Waals surface area (Å²) >= 11 is 0. The number of benzene rings is 5. The smallest absolute Gasteiger partial charge is 0.481 e. The van der Waals surface area contributed by atoms with Crippen molar-refractivity contribution in [2.24, 2.45) is 0 Å². The van der Waals surface area contributed by atoms with E-state index in [0.717, 1.165) is 36.4 Å². The maximum atomic E-state index is 13.7. The highest BCUT2D eigenvalue weighted by Gasteiger charge is 2.34. The zero-order valence-electron chi connectivity index (χ0n) is 29.6. The lowest BCUT2D eigenvalue weighted by Crippen LogP contribution is -2.37. The van der Waals surface area contributed by atoms with Gasteiger partial charge in [-0.1, -0.05) is 72.8 Å². The van der Waals surface area contributed by atoms with Crippen molar-refractivity contribution >= 4 is 58.6 Å². The first-order chi connectivity index (χ1) is 26.3.